The summed E-state index contributed by atoms with van der Waals surface area (Å²) in [6.45, 7) is 0.823. The summed E-state index contributed by atoms with van der Waals surface area (Å²) in [4.78, 5) is 11.6. The quantitative estimate of drug-likeness (QED) is 0.785. The number of aromatic nitrogens is 2. The van der Waals surface area contributed by atoms with Gasteiger partial charge in [0.15, 0.2) is 0 Å². The van der Waals surface area contributed by atoms with Crippen molar-refractivity contribution in [2.75, 3.05) is 13.7 Å². The zero-order valence-corrected chi connectivity index (χ0v) is 14.1. The molecule has 2 aliphatic rings. The van der Waals surface area contributed by atoms with Gasteiger partial charge in [-0.25, -0.2) is 0 Å². The molecule has 128 valence electrons. The van der Waals surface area contributed by atoms with Crippen molar-refractivity contribution in [3.05, 3.63) is 24.4 Å². The van der Waals surface area contributed by atoms with Crippen LogP contribution in [0.4, 0.5) is 0 Å². The summed E-state index contributed by atoms with van der Waals surface area (Å²) in [5, 5.41) is 5.89. The second-order valence-electron chi connectivity index (χ2n) is 7.11. The van der Waals surface area contributed by atoms with E-state index in [1.54, 1.807) is 0 Å². The number of carbonyl (C=O) groups is 1. The number of hydrogen-bond acceptors (Lipinski definition) is 4. The van der Waals surface area contributed by atoms with E-state index in [9.17, 15) is 4.79 Å². The minimum Gasteiger partial charge on any atom is -0.493 e. The van der Waals surface area contributed by atoms with Crippen LogP contribution in [0, 0.1) is 11.8 Å². The highest BCUT2D eigenvalue weighted by molar-refractivity contribution is 5.79. The van der Waals surface area contributed by atoms with Gasteiger partial charge in [0.05, 0.1) is 31.2 Å². The van der Waals surface area contributed by atoms with E-state index in [1.807, 2.05) is 12.1 Å². The van der Waals surface area contributed by atoms with Crippen LogP contribution in [-0.4, -0.2) is 29.5 Å². The van der Waals surface area contributed by atoms with Crippen LogP contribution in [0.1, 0.15) is 44.6 Å². The van der Waals surface area contributed by atoms with Crippen LogP contribution in [0.25, 0.3) is 10.9 Å². The fraction of sp³-hybridized carbons (Fsp3) is 0.579. The Balaban J connectivity index is 1.43. The number of carbonyl (C=O) groups excluding carboxylic acids is 1. The third kappa shape index (κ3) is 3.25. The fourth-order valence-electron chi connectivity index (χ4n) is 3.53. The molecule has 0 aliphatic heterocycles. The Morgan fingerprint density at radius 3 is 2.71 bits per heavy atom. The van der Waals surface area contributed by atoms with Gasteiger partial charge >= 0.3 is 5.97 Å². The van der Waals surface area contributed by atoms with Crippen molar-refractivity contribution in [1.29, 1.82) is 0 Å². The molecule has 0 spiro atoms. The number of rotatable bonds is 5. The monoisotopic (exact) mass is 328 g/mol. The summed E-state index contributed by atoms with van der Waals surface area (Å²) in [7, 11) is 1.47. The molecule has 0 N–H and O–H groups in total. The largest absolute Gasteiger partial charge is 0.493 e. The highest BCUT2D eigenvalue weighted by Crippen LogP contribution is 2.34. The molecule has 2 aliphatic carbocycles. The zero-order valence-electron chi connectivity index (χ0n) is 14.1. The van der Waals surface area contributed by atoms with Crippen molar-refractivity contribution < 1.29 is 14.3 Å². The minimum atomic E-state index is -0.0727. The molecule has 0 bridgehead atoms. The summed E-state index contributed by atoms with van der Waals surface area (Å²) in [5.41, 5.74) is 0.985. The van der Waals surface area contributed by atoms with E-state index in [-0.39, 0.29) is 11.9 Å². The second-order valence-corrected chi connectivity index (χ2v) is 7.11. The normalized spacial score (nSPS) is 24.0. The van der Waals surface area contributed by atoms with E-state index in [0.717, 1.165) is 54.9 Å². The number of methoxy groups -OCH3 is 1. The predicted octanol–water partition coefficient (Wildman–Crippen LogP) is 3.73. The first kappa shape index (κ1) is 15.5. The van der Waals surface area contributed by atoms with Crippen molar-refractivity contribution in [1.82, 2.24) is 9.78 Å². The number of hydrogen-bond donors (Lipinski definition) is 0. The molecule has 1 aromatic carbocycles. The van der Waals surface area contributed by atoms with Gasteiger partial charge in [0.2, 0.25) is 0 Å². The maximum absolute atomic E-state index is 11.6. The fourth-order valence-corrected chi connectivity index (χ4v) is 3.53. The Kier molecular flexibility index (Phi) is 4.17. The van der Waals surface area contributed by atoms with Gasteiger partial charge in [0.25, 0.3) is 0 Å². The van der Waals surface area contributed by atoms with Crippen molar-refractivity contribution in [3.8, 4) is 5.75 Å². The van der Waals surface area contributed by atoms with Gasteiger partial charge in [-0.1, -0.05) is 0 Å². The molecule has 5 heteroatoms. The predicted molar refractivity (Wildman–Crippen MR) is 91.0 cm³/mol. The molecule has 4 rings (SSSR count). The van der Waals surface area contributed by atoms with Crippen molar-refractivity contribution in [2.45, 2.75) is 44.6 Å². The topological polar surface area (TPSA) is 53.4 Å². The van der Waals surface area contributed by atoms with Gasteiger partial charge in [-0.05, 0) is 56.6 Å². The number of nitrogens with zero attached hydrogens (tertiary/aromatic N) is 2. The van der Waals surface area contributed by atoms with E-state index in [0.29, 0.717) is 6.04 Å². The molecule has 2 saturated carbocycles. The molecular weight excluding hydrogens is 304 g/mol. The van der Waals surface area contributed by atoms with Gasteiger partial charge in [-0.3, -0.25) is 9.48 Å². The first-order chi connectivity index (χ1) is 11.7. The lowest BCUT2D eigenvalue weighted by atomic mass is 9.86. The number of esters is 1. The molecule has 5 nitrogen and oxygen atoms in total. The van der Waals surface area contributed by atoms with Gasteiger partial charge in [0, 0.05) is 17.6 Å². The number of ether oxygens (including phenoxy) is 2. The SMILES string of the molecule is COC(=O)C1CCC(n2cc3ccc(OCC4CC4)cc3n2)CC1. The van der Waals surface area contributed by atoms with E-state index in [2.05, 4.69) is 16.9 Å². The molecule has 0 amide bonds. The van der Waals surface area contributed by atoms with Crippen molar-refractivity contribution in [2.24, 2.45) is 11.8 Å². The number of fused-ring (bicyclic) bond motifs is 1. The summed E-state index contributed by atoms with van der Waals surface area (Å²) in [6.07, 6.45) is 8.41. The Hall–Kier alpha value is -2.04. The lowest BCUT2D eigenvalue weighted by Gasteiger charge is -2.26. The molecule has 0 atom stereocenters. The highest BCUT2D eigenvalue weighted by atomic mass is 16.5. The van der Waals surface area contributed by atoms with Gasteiger partial charge < -0.3 is 9.47 Å². The number of benzene rings is 1. The third-order valence-electron chi connectivity index (χ3n) is 5.28. The maximum atomic E-state index is 11.6. The minimum absolute atomic E-state index is 0.0543. The molecule has 1 aromatic heterocycles. The Bertz CT molecular complexity index is 727. The molecule has 24 heavy (non-hydrogen) atoms. The molecule has 1 heterocycles. The summed E-state index contributed by atoms with van der Waals surface area (Å²) in [5.74, 6) is 1.65. The lowest BCUT2D eigenvalue weighted by Crippen LogP contribution is -2.24. The first-order valence-electron chi connectivity index (χ1n) is 8.92. The summed E-state index contributed by atoms with van der Waals surface area (Å²) in [6, 6.07) is 6.52. The Labute approximate surface area is 141 Å². The first-order valence-corrected chi connectivity index (χ1v) is 8.92. The van der Waals surface area contributed by atoms with E-state index < -0.39 is 0 Å². The molecule has 2 fully saturated rings. The van der Waals surface area contributed by atoms with E-state index >= 15 is 0 Å². The lowest BCUT2D eigenvalue weighted by molar-refractivity contribution is -0.146. The smallest absolute Gasteiger partial charge is 0.308 e. The van der Waals surface area contributed by atoms with E-state index in [1.165, 1.54) is 20.0 Å². The van der Waals surface area contributed by atoms with Gasteiger partial charge in [-0.2, -0.15) is 5.10 Å². The molecule has 0 saturated heterocycles. The average molecular weight is 328 g/mol. The average Bonchev–Trinajstić information content (AvgIpc) is 3.36. The van der Waals surface area contributed by atoms with Crippen LogP contribution in [0.15, 0.2) is 24.4 Å². The van der Waals surface area contributed by atoms with Crippen LogP contribution < -0.4 is 4.74 Å². The standard InChI is InChI=1S/C19H24N2O3/c1-23-19(22)14-4-7-16(8-5-14)21-11-15-6-9-17(10-18(15)20-21)24-12-13-2-3-13/h6,9-11,13-14,16H,2-5,7-8,12H2,1H3. The van der Waals surface area contributed by atoms with Crippen LogP contribution in [-0.2, 0) is 9.53 Å². The van der Waals surface area contributed by atoms with Crippen molar-refractivity contribution >= 4 is 16.9 Å². The van der Waals surface area contributed by atoms with Crippen LogP contribution in [0.5, 0.6) is 5.75 Å². The van der Waals surface area contributed by atoms with Crippen LogP contribution in [0.3, 0.4) is 0 Å². The summed E-state index contributed by atoms with van der Waals surface area (Å²) >= 11 is 0. The highest BCUT2D eigenvalue weighted by Gasteiger charge is 2.28. The van der Waals surface area contributed by atoms with Crippen LogP contribution >= 0.6 is 0 Å². The third-order valence-corrected chi connectivity index (χ3v) is 5.28. The summed E-state index contributed by atoms with van der Waals surface area (Å²) < 4.78 is 12.8. The van der Waals surface area contributed by atoms with E-state index in [4.69, 9.17) is 14.6 Å². The molecule has 2 aromatic rings. The maximum Gasteiger partial charge on any atom is 0.308 e. The van der Waals surface area contributed by atoms with Gasteiger partial charge in [-0.15, -0.1) is 0 Å². The second kappa shape index (κ2) is 6.46. The molecular formula is C19H24N2O3. The molecule has 0 unspecified atom stereocenters. The zero-order chi connectivity index (χ0) is 16.5. The van der Waals surface area contributed by atoms with Crippen LogP contribution in [0.2, 0.25) is 0 Å². The Morgan fingerprint density at radius 2 is 2.00 bits per heavy atom. The molecule has 0 radical (unpaired) electrons. The van der Waals surface area contributed by atoms with Gasteiger partial charge in [0.1, 0.15) is 5.75 Å². The Morgan fingerprint density at radius 1 is 1.21 bits per heavy atom. The van der Waals surface area contributed by atoms with Crippen molar-refractivity contribution in [3.63, 3.8) is 0 Å².